The first-order valence-electron chi connectivity index (χ1n) is 5.10. The summed E-state index contributed by atoms with van der Waals surface area (Å²) >= 11 is 0. The first-order valence-corrected chi connectivity index (χ1v) is 5.10. The van der Waals surface area contributed by atoms with Crippen molar-refractivity contribution in [3.63, 3.8) is 0 Å². The number of benzene rings is 1. The fraction of sp³-hybridized carbons (Fsp3) is 0.167. The maximum absolute atomic E-state index is 11.2. The third-order valence-corrected chi connectivity index (χ3v) is 2.40. The monoisotopic (exact) mass is 232 g/mol. The van der Waals surface area contributed by atoms with Crippen molar-refractivity contribution in [2.75, 3.05) is 0 Å². The van der Waals surface area contributed by atoms with Gasteiger partial charge >= 0.3 is 5.91 Å². The SMILES string of the molecule is Cc1ccc(-c2nc(C)c(C(=O)NO)o2)cc1. The van der Waals surface area contributed by atoms with Crippen molar-refractivity contribution in [3.05, 3.63) is 41.3 Å². The highest BCUT2D eigenvalue weighted by Crippen LogP contribution is 2.22. The first-order chi connectivity index (χ1) is 8.11. The summed E-state index contributed by atoms with van der Waals surface area (Å²) in [6, 6.07) is 7.59. The van der Waals surface area contributed by atoms with Gasteiger partial charge in [-0.1, -0.05) is 17.7 Å². The summed E-state index contributed by atoms with van der Waals surface area (Å²) in [7, 11) is 0. The molecule has 2 N–H and O–H groups in total. The van der Waals surface area contributed by atoms with Crippen LogP contribution in [0.2, 0.25) is 0 Å². The Kier molecular flexibility index (Phi) is 2.93. The van der Waals surface area contributed by atoms with Gasteiger partial charge in [0.15, 0.2) is 0 Å². The predicted molar refractivity (Wildman–Crippen MR) is 60.7 cm³/mol. The second kappa shape index (κ2) is 4.39. The number of carbonyl (C=O) groups excluding carboxylic acids is 1. The minimum atomic E-state index is -0.701. The quantitative estimate of drug-likeness (QED) is 0.614. The molecule has 0 saturated heterocycles. The number of oxazole rings is 1. The van der Waals surface area contributed by atoms with E-state index in [-0.39, 0.29) is 5.76 Å². The molecule has 0 spiro atoms. The van der Waals surface area contributed by atoms with Crippen molar-refractivity contribution in [1.82, 2.24) is 10.5 Å². The molecule has 0 bridgehead atoms. The number of nitrogens with zero attached hydrogens (tertiary/aromatic N) is 1. The van der Waals surface area contributed by atoms with Crippen LogP contribution in [0.1, 0.15) is 21.8 Å². The molecule has 1 aromatic carbocycles. The van der Waals surface area contributed by atoms with Crippen LogP contribution in [0, 0.1) is 13.8 Å². The number of carbonyl (C=O) groups is 1. The molecule has 1 aromatic heterocycles. The van der Waals surface area contributed by atoms with Crippen molar-refractivity contribution >= 4 is 5.91 Å². The third kappa shape index (κ3) is 2.19. The number of rotatable bonds is 2. The van der Waals surface area contributed by atoms with Gasteiger partial charge in [0.05, 0.1) is 5.69 Å². The van der Waals surface area contributed by atoms with Gasteiger partial charge in [0.1, 0.15) is 0 Å². The average Bonchev–Trinajstić information content (AvgIpc) is 2.71. The minimum Gasteiger partial charge on any atom is -0.431 e. The highest BCUT2D eigenvalue weighted by Gasteiger charge is 2.17. The Morgan fingerprint density at radius 3 is 2.53 bits per heavy atom. The predicted octanol–water partition coefficient (Wildman–Crippen LogP) is 2.08. The molecule has 1 amide bonds. The molecule has 2 rings (SSSR count). The Morgan fingerprint density at radius 1 is 1.29 bits per heavy atom. The molecule has 0 aliphatic carbocycles. The molecule has 5 nitrogen and oxygen atoms in total. The number of aryl methyl sites for hydroxylation is 2. The van der Waals surface area contributed by atoms with Gasteiger partial charge in [0.25, 0.3) is 0 Å². The van der Waals surface area contributed by atoms with Crippen molar-refractivity contribution in [1.29, 1.82) is 0 Å². The van der Waals surface area contributed by atoms with E-state index in [9.17, 15) is 4.79 Å². The standard InChI is InChI=1S/C12H12N2O3/c1-7-3-5-9(6-4-7)12-13-8(2)10(17-12)11(15)14-16/h3-6,16H,1-2H3,(H,14,15). The average molecular weight is 232 g/mol. The van der Waals surface area contributed by atoms with E-state index >= 15 is 0 Å². The van der Waals surface area contributed by atoms with E-state index in [1.165, 1.54) is 5.48 Å². The summed E-state index contributed by atoms with van der Waals surface area (Å²) in [5.41, 5.74) is 3.88. The van der Waals surface area contributed by atoms with E-state index < -0.39 is 5.91 Å². The van der Waals surface area contributed by atoms with Gasteiger partial charge in [-0.05, 0) is 26.0 Å². The van der Waals surface area contributed by atoms with Crippen LogP contribution in [-0.4, -0.2) is 16.1 Å². The zero-order chi connectivity index (χ0) is 12.4. The zero-order valence-electron chi connectivity index (χ0n) is 9.52. The minimum absolute atomic E-state index is 0.0167. The number of hydroxylamine groups is 1. The molecule has 0 aliphatic heterocycles. The smallest absolute Gasteiger partial charge is 0.312 e. The summed E-state index contributed by atoms with van der Waals surface area (Å²) in [5, 5.41) is 8.54. The van der Waals surface area contributed by atoms with Crippen LogP contribution in [0.5, 0.6) is 0 Å². The molecule has 88 valence electrons. The van der Waals surface area contributed by atoms with Crippen LogP contribution < -0.4 is 5.48 Å². The van der Waals surface area contributed by atoms with Gasteiger partial charge in [0, 0.05) is 5.56 Å². The van der Waals surface area contributed by atoms with Gasteiger partial charge in [0.2, 0.25) is 11.7 Å². The highest BCUT2D eigenvalue weighted by molar-refractivity contribution is 5.91. The second-order valence-corrected chi connectivity index (χ2v) is 3.74. The van der Waals surface area contributed by atoms with Crippen molar-refractivity contribution in [2.45, 2.75) is 13.8 Å². The van der Waals surface area contributed by atoms with Gasteiger partial charge in [-0.25, -0.2) is 10.5 Å². The fourth-order valence-corrected chi connectivity index (χ4v) is 1.48. The lowest BCUT2D eigenvalue weighted by molar-refractivity contribution is 0.0676. The van der Waals surface area contributed by atoms with E-state index in [0.29, 0.717) is 11.6 Å². The van der Waals surface area contributed by atoms with Crippen molar-refractivity contribution in [2.24, 2.45) is 0 Å². The Labute approximate surface area is 98.1 Å². The molecule has 0 saturated carbocycles. The van der Waals surface area contributed by atoms with Crippen LogP contribution >= 0.6 is 0 Å². The number of aromatic nitrogens is 1. The molecular weight excluding hydrogens is 220 g/mol. The highest BCUT2D eigenvalue weighted by atomic mass is 16.5. The second-order valence-electron chi connectivity index (χ2n) is 3.74. The van der Waals surface area contributed by atoms with Gasteiger partial charge in [-0.15, -0.1) is 0 Å². The topological polar surface area (TPSA) is 75.4 Å². The number of hydrogen-bond acceptors (Lipinski definition) is 4. The van der Waals surface area contributed by atoms with E-state index in [1.54, 1.807) is 6.92 Å². The Bertz CT molecular complexity index is 543. The van der Waals surface area contributed by atoms with Crippen LogP contribution in [0.4, 0.5) is 0 Å². The van der Waals surface area contributed by atoms with E-state index in [2.05, 4.69) is 4.98 Å². The van der Waals surface area contributed by atoms with Crippen LogP contribution in [0.25, 0.3) is 11.5 Å². The lowest BCUT2D eigenvalue weighted by Gasteiger charge is -1.96. The molecule has 0 aliphatic rings. The van der Waals surface area contributed by atoms with E-state index in [1.807, 2.05) is 31.2 Å². The third-order valence-electron chi connectivity index (χ3n) is 2.40. The lowest BCUT2D eigenvalue weighted by Crippen LogP contribution is -2.18. The Hall–Kier alpha value is -2.14. The molecule has 2 aromatic rings. The molecule has 0 fully saturated rings. The van der Waals surface area contributed by atoms with E-state index in [4.69, 9.17) is 9.62 Å². The number of nitrogens with one attached hydrogen (secondary N) is 1. The summed E-state index contributed by atoms with van der Waals surface area (Å²) < 4.78 is 5.31. The molecule has 0 atom stereocenters. The largest absolute Gasteiger partial charge is 0.431 e. The number of amides is 1. The Morgan fingerprint density at radius 2 is 1.94 bits per heavy atom. The molecule has 0 unspecified atom stereocenters. The first kappa shape index (κ1) is 11.3. The fourth-order valence-electron chi connectivity index (χ4n) is 1.48. The molecule has 1 heterocycles. The van der Waals surface area contributed by atoms with E-state index in [0.717, 1.165) is 11.1 Å². The maximum atomic E-state index is 11.2. The van der Waals surface area contributed by atoms with Gasteiger partial charge in [-0.2, -0.15) is 0 Å². The van der Waals surface area contributed by atoms with Crippen LogP contribution in [0.3, 0.4) is 0 Å². The lowest BCUT2D eigenvalue weighted by atomic mass is 10.1. The molecular formula is C12H12N2O3. The normalized spacial score (nSPS) is 10.3. The van der Waals surface area contributed by atoms with Gasteiger partial charge < -0.3 is 4.42 Å². The van der Waals surface area contributed by atoms with Gasteiger partial charge in [-0.3, -0.25) is 10.0 Å². The summed E-state index contributed by atoms with van der Waals surface area (Å²) in [4.78, 5) is 15.4. The summed E-state index contributed by atoms with van der Waals surface area (Å²) in [5.74, 6) is -0.322. The van der Waals surface area contributed by atoms with Crippen molar-refractivity contribution in [3.8, 4) is 11.5 Å². The van der Waals surface area contributed by atoms with Crippen LogP contribution in [0.15, 0.2) is 28.7 Å². The maximum Gasteiger partial charge on any atom is 0.312 e. The molecule has 5 heteroatoms. The summed E-state index contributed by atoms with van der Waals surface area (Å²) in [6.45, 7) is 3.63. The van der Waals surface area contributed by atoms with Crippen molar-refractivity contribution < 1.29 is 14.4 Å². The zero-order valence-corrected chi connectivity index (χ0v) is 9.52. The molecule has 17 heavy (non-hydrogen) atoms. The van der Waals surface area contributed by atoms with Crippen LogP contribution in [-0.2, 0) is 0 Å². The number of hydrogen-bond donors (Lipinski definition) is 2. The molecule has 0 radical (unpaired) electrons. The summed E-state index contributed by atoms with van der Waals surface area (Å²) in [6.07, 6.45) is 0. The Balaban J connectivity index is 2.41.